The van der Waals surface area contributed by atoms with Crippen molar-refractivity contribution in [2.24, 2.45) is 0 Å². The first-order valence-electron chi connectivity index (χ1n) is 6.76. The fraction of sp³-hybridized carbons (Fsp3) is 0.556. The molecule has 0 amide bonds. The Bertz CT molecular complexity index is 302. The van der Waals surface area contributed by atoms with Crippen LogP contribution in [0.5, 0.6) is 0 Å². The van der Waals surface area contributed by atoms with E-state index in [-0.39, 0.29) is 7.43 Å². The lowest BCUT2D eigenvalue weighted by Crippen LogP contribution is -1.97. The summed E-state index contributed by atoms with van der Waals surface area (Å²) in [5, 5.41) is 0. The Morgan fingerprint density at radius 3 is 2.11 bits per heavy atom. The Balaban J connectivity index is 0. The summed E-state index contributed by atoms with van der Waals surface area (Å²) in [6.45, 7) is 16.8. The lowest BCUT2D eigenvalue weighted by molar-refractivity contribution is 0.682. The van der Waals surface area contributed by atoms with Crippen molar-refractivity contribution in [2.75, 3.05) is 0 Å². The van der Waals surface area contributed by atoms with Crippen molar-refractivity contribution < 1.29 is 0 Å². The third-order valence-electron chi connectivity index (χ3n) is 3.41. The first-order chi connectivity index (χ1) is 8.19. The molecule has 0 bridgehead atoms. The minimum atomic E-state index is 0. The van der Waals surface area contributed by atoms with Crippen molar-refractivity contribution in [2.45, 2.75) is 66.7 Å². The van der Waals surface area contributed by atoms with Crippen LogP contribution >= 0.6 is 0 Å². The molecule has 0 N–H and O–H groups in total. The molecule has 0 spiro atoms. The predicted octanol–water partition coefficient (Wildman–Crippen LogP) is 6.62. The molecule has 104 valence electrons. The summed E-state index contributed by atoms with van der Waals surface area (Å²) in [6, 6.07) is 0. The minimum Gasteiger partial charge on any atom is -0.106 e. The van der Waals surface area contributed by atoms with Crippen molar-refractivity contribution in [3.05, 3.63) is 48.1 Å². The number of rotatable bonds is 4. The van der Waals surface area contributed by atoms with Gasteiger partial charge in [0.15, 0.2) is 0 Å². The van der Waals surface area contributed by atoms with E-state index in [1.807, 2.05) is 0 Å². The van der Waals surface area contributed by atoms with Crippen LogP contribution in [0.15, 0.2) is 48.1 Å². The highest BCUT2D eigenvalue weighted by Crippen LogP contribution is 2.28. The molecule has 0 aliphatic heterocycles. The molecule has 0 aromatic rings. The molecule has 0 atom stereocenters. The monoisotopic (exact) mass is 248 g/mol. The fourth-order valence-electron chi connectivity index (χ4n) is 2.17. The Morgan fingerprint density at radius 2 is 1.67 bits per heavy atom. The van der Waals surface area contributed by atoms with Crippen LogP contribution in [0.1, 0.15) is 66.7 Å². The maximum Gasteiger partial charge on any atom is -0.0279 e. The summed E-state index contributed by atoms with van der Waals surface area (Å²) in [5.74, 6) is 0. The lowest BCUT2D eigenvalue weighted by Gasteiger charge is -2.16. The molecule has 0 unspecified atom stereocenters. The van der Waals surface area contributed by atoms with Crippen molar-refractivity contribution in [3.63, 3.8) is 0 Å². The smallest absolute Gasteiger partial charge is 0.0279 e. The van der Waals surface area contributed by atoms with Crippen LogP contribution in [0.3, 0.4) is 0 Å². The largest absolute Gasteiger partial charge is 0.106 e. The van der Waals surface area contributed by atoms with Crippen LogP contribution in [-0.2, 0) is 0 Å². The minimum absolute atomic E-state index is 0. The first-order valence-corrected chi connectivity index (χ1v) is 6.76. The molecule has 0 radical (unpaired) electrons. The van der Waals surface area contributed by atoms with Gasteiger partial charge in [0.05, 0.1) is 0 Å². The molecule has 18 heavy (non-hydrogen) atoms. The van der Waals surface area contributed by atoms with Gasteiger partial charge in [-0.1, -0.05) is 45.1 Å². The molecule has 0 nitrogen and oxygen atoms in total. The van der Waals surface area contributed by atoms with E-state index in [4.69, 9.17) is 0 Å². The van der Waals surface area contributed by atoms with Crippen LogP contribution in [0, 0.1) is 0 Å². The van der Waals surface area contributed by atoms with Gasteiger partial charge in [-0.2, -0.15) is 0 Å². The Hall–Kier alpha value is -1.04. The summed E-state index contributed by atoms with van der Waals surface area (Å²) < 4.78 is 0. The van der Waals surface area contributed by atoms with Crippen molar-refractivity contribution in [3.8, 4) is 0 Å². The quantitative estimate of drug-likeness (QED) is 0.387. The molecule has 1 aliphatic rings. The average Bonchev–Trinajstić information content (AvgIpc) is 2.39. The van der Waals surface area contributed by atoms with Gasteiger partial charge in [-0.3, -0.25) is 0 Å². The molecule has 0 saturated carbocycles. The predicted molar refractivity (Wildman–Crippen MR) is 87.0 cm³/mol. The van der Waals surface area contributed by atoms with E-state index in [0.29, 0.717) is 0 Å². The summed E-state index contributed by atoms with van der Waals surface area (Å²) in [4.78, 5) is 0. The molecule has 0 heteroatoms. The zero-order valence-electron chi connectivity index (χ0n) is 11.9. The Kier molecular flexibility index (Phi) is 11.9. The Labute approximate surface area is 115 Å². The normalized spacial score (nSPS) is 15.4. The second kappa shape index (κ2) is 11.1. The maximum absolute atomic E-state index is 4.14. The molecule has 1 rings (SSSR count). The van der Waals surface area contributed by atoms with Crippen LogP contribution < -0.4 is 0 Å². The van der Waals surface area contributed by atoms with E-state index in [0.717, 1.165) is 12.8 Å². The number of hydrogen-bond donors (Lipinski definition) is 0. The first kappa shape index (κ1) is 19.3. The van der Waals surface area contributed by atoms with E-state index in [9.17, 15) is 0 Å². The zero-order chi connectivity index (χ0) is 13.3. The van der Waals surface area contributed by atoms with E-state index >= 15 is 0 Å². The third-order valence-corrected chi connectivity index (χ3v) is 3.41. The van der Waals surface area contributed by atoms with Gasteiger partial charge < -0.3 is 0 Å². The Morgan fingerprint density at radius 1 is 1.11 bits per heavy atom. The summed E-state index contributed by atoms with van der Waals surface area (Å²) in [7, 11) is 0. The van der Waals surface area contributed by atoms with Gasteiger partial charge in [-0.05, 0) is 56.6 Å². The summed E-state index contributed by atoms with van der Waals surface area (Å²) in [5.41, 5.74) is 5.93. The molecule has 0 aromatic heterocycles. The van der Waals surface area contributed by atoms with E-state index in [2.05, 4.69) is 46.6 Å². The van der Waals surface area contributed by atoms with Gasteiger partial charge in [-0.15, -0.1) is 13.2 Å². The number of hydrogen-bond acceptors (Lipinski definition) is 0. The van der Waals surface area contributed by atoms with Gasteiger partial charge >= 0.3 is 0 Å². The maximum atomic E-state index is 4.14. The van der Waals surface area contributed by atoms with E-state index in [1.165, 1.54) is 36.8 Å². The SMILES string of the molecule is C.C=C.C=C(CC)/C(=C\C1=C(C)CCCC1)CC. The molecular weight excluding hydrogens is 216 g/mol. The molecule has 0 heterocycles. The van der Waals surface area contributed by atoms with Gasteiger partial charge in [0.2, 0.25) is 0 Å². The van der Waals surface area contributed by atoms with Crippen molar-refractivity contribution >= 4 is 0 Å². The summed E-state index contributed by atoms with van der Waals surface area (Å²) >= 11 is 0. The average molecular weight is 248 g/mol. The van der Waals surface area contributed by atoms with Gasteiger partial charge in [0, 0.05) is 0 Å². The third kappa shape index (κ3) is 6.05. The standard InChI is InChI=1S/C15H24.C2H4.CH4/c1-5-12(3)14(6-2)11-15-10-8-7-9-13(15)4;1-2;/h11H,3,5-10H2,1-2,4H3;1-2H2;1H4/b14-11-;;. The molecule has 1 aliphatic carbocycles. The van der Waals surface area contributed by atoms with Gasteiger partial charge in [-0.25, -0.2) is 0 Å². The van der Waals surface area contributed by atoms with E-state index in [1.54, 1.807) is 11.1 Å². The molecule has 0 saturated heterocycles. The highest BCUT2D eigenvalue weighted by Gasteiger charge is 2.08. The van der Waals surface area contributed by atoms with Crippen molar-refractivity contribution in [1.82, 2.24) is 0 Å². The highest BCUT2D eigenvalue weighted by atomic mass is 14.1. The van der Waals surface area contributed by atoms with Crippen LogP contribution in [0.2, 0.25) is 0 Å². The molecular formula is C18H32. The fourth-order valence-corrected chi connectivity index (χ4v) is 2.17. The van der Waals surface area contributed by atoms with Crippen LogP contribution in [0.25, 0.3) is 0 Å². The van der Waals surface area contributed by atoms with E-state index < -0.39 is 0 Å². The molecule has 0 fully saturated rings. The summed E-state index contributed by atoms with van der Waals surface area (Å²) in [6.07, 6.45) is 9.89. The highest BCUT2D eigenvalue weighted by molar-refractivity contribution is 5.37. The van der Waals surface area contributed by atoms with Gasteiger partial charge in [0.25, 0.3) is 0 Å². The van der Waals surface area contributed by atoms with Gasteiger partial charge in [0.1, 0.15) is 0 Å². The van der Waals surface area contributed by atoms with Crippen LogP contribution in [0.4, 0.5) is 0 Å². The van der Waals surface area contributed by atoms with Crippen LogP contribution in [-0.4, -0.2) is 0 Å². The molecule has 0 aromatic carbocycles. The topological polar surface area (TPSA) is 0 Å². The second-order valence-corrected chi connectivity index (χ2v) is 4.49. The van der Waals surface area contributed by atoms with Crippen molar-refractivity contribution in [1.29, 1.82) is 0 Å². The number of allylic oxidation sites excluding steroid dienone is 5. The lowest BCUT2D eigenvalue weighted by atomic mass is 9.89. The zero-order valence-corrected chi connectivity index (χ0v) is 11.9. The second-order valence-electron chi connectivity index (χ2n) is 4.49.